The second-order valence-corrected chi connectivity index (χ2v) is 4.75. The van der Waals surface area contributed by atoms with Crippen molar-refractivity contribution in [2.45, 2.75) is 57.3 Å². The van der Waals surface area contributed by atoms with Crippen molar-refractivity contribution in [3.8, 4) is 0 Å². The molecule has 2 aliphatic rings. The number of carbonyl (C=O) groups is 1. The largest absolute Gasteiger partial charge is 0.459 e. The molecule has 2 fully saturated rings. The molecular weight excluding hydrogens is 204 g/mol. The predicted molar refractivity (Wildman–Crippen MR) is 61.0 cm³/mol. The zero-order valence-electron chi connectivity index (χ0n) is 9.85. The standard InChI is InChI=1S/C13H20O3/c1-3-5-10(16-13(14)4-2)9-6-7-11-12(8-9)15-11/h4,9-12H,2-3,5-8H2,1H3. The average Bonchev–Trinajstić information content (AvgIpc) is 3.06. The molecule has 3 nitrogen and oxygen atoms in total. The lowest BCUT2D eigenvalue weighted by Gasteiger charge is -2.27. The lowest BCUT2D eigenvalue weighted by Crippen LogP contribution is -2.30. The van der Waals surface area contributed by atoms with Gasteiger partial charge < -0.3 is 9.47 Å². The van der Waals surface area contributed by atoms with Crippen LogP contribution in [0.15, 0.2) is 12.7 Å². The van der Waals surface area contributed by atoms with E-state index in [0.717, 1.165) is 32.1 Å². The summed E-state index contributed by atoms with van der Waals surface area (Å²) in [5.41, 5.74) is 0. The van der Waals surface area contributed by atoms with Crippen molar-refractivity contribution < 1.29 is 14.3 Å². The van der Waals surface area contributed by atoms with Crippen LogP contribution >= 0.6 is 0 Å². The molecule has 1 aliphatic heterocycles. The first kappa shape index (κ1) is 11.6. The minimum Gasteiger partial charge on any atom is -0.459 e. The van der Waals surface area contributed by atoms with Crippen LogP contribution in [-0.4, -0.2) is 24.3 Å². The topological polar surface area (TPSA) is 38.8 Å². The summed E-state index contributed by atoms with van der Waals surface area (Å²) in [4.78, 5) is 11.3. The Kier molecular flexibility index (Phi) is 3.64. The van der Waals surface area contributed by atoms with Gasteiger partial charge in [-0.05, 0) is 31.6 Å². The minimum absolute atomic E-state index is 0.0562. The molecule has 0 spiro atoms. The van der Waals surface area contributed by atoms with Crippen molar-refractivity contribution in [2.24, 2.45) is 5.92 Å². The fraction of sp³-hybridized carbons (Fsp3) is 0.769. The number of fused-ring (bicyclic) bond motifs is 1. The summed E-state index contributed by atoms with van der Waals surface area (Å²) in [5, 5.41) is 0. The summed E-state index contributed by atoms with van der Waals surface area (Å²) < 4.78 is 10.9. The zero-order valence-corrected chi connectivity index (χ0v) is 9.85. The molecule has 4 atom stereocenters. The molecule has 3 heteroatoms. The molecule has 1 aliphatic carbocycles. The van der Waals surface area contributed by atoms with Gasteiger partial charge in [-0.25, -0.2) is 4.79 Å². The summed E-state index contributed by atoms with van der Waals surface area (Å²) in [6.45, 7) is 5.56. The first-order valence-electron chi connectivity index (χ1n) is 6.23. The summed E-state index contributed by atoms with van der Waals surface area (Å²) in [7, 11) is 0. The number of epoxide rings is 1. The van der Waals surface area contributed by atoms with Gasteiger partial charge in [-0.15, -0.1) is 0 Å². The molecule has 2 rings (SSSR count). The van der Waals surface area contributed by atoms with Gasteiger partial charge in [0.05, 0.1) is 12.2 Å². The van der Waals surface area contributed by atoms with Gasteiger partial charge in [0, 0.05) is 6.08 Å². The third-order valence-electron chi connectivity index (χ3n) is 3.58. The first-order valence-corrected chi connectivity index (χ1v) is 6.23. The van der Waals surface area contributed by atoms with E-state index in [2.05, 4.69) is 13.5 Å². The van der Waals surface area contributed by atoms with Gasteiger partial charge in [-0.1, -0.05) is 19.9 Å². The van der Waals surface area contributed by atoms with Crippen LogP contribution in [0.4, 0.5) is 0 Å². The molecule has 0 bridgehead atoms. The summed E-state index contributed by atoms with van der Waals surface area (Å²) >= 11 is 0. The quantitative estimate of drug-likeness (QED) is 0.409. The molecule has 1 heterocycles. The van der Waals surface area contributed by atoms with Gasteiger partial charge in [0.25, 0.3) is 0 Å². The van der Waals surface area contributed by atoms with E-state index in [9.17, 15) is 4.79 Å². The van der Waals surface area contributed by atoms with E-state index in [1.54, 1.807) is 0 Å². The zero-order chi connectivity index (χ0) is 11.5. The van der Waals surface area contributed by atoms with E-state index < -0.39 is 0 Å². The second kappa shape index (κ2) is 5.00. The molecule has 4 unspecified atom stereocenters. The SMILES string of the molecule is C=CC(=O)OC(CCC)C1CCC2OC2C1. The van der Waals surface area contributed by atoms with E-state index in [-0.39, 0.29) is 12.1 Å². The number of hydrogen-bond donors (Lipinski definition) is 0. The van der Waals surface area contributed by atoms with Crippen molar-refractivity contribution in [1.29, 1.82) is 0 Å². The second-order valence-electron chi connectivity index (χ2n) is 4.75. The molecular formula is C13H20O3. The summed E-state index contributed by atoms with van der Waals surface area (Å²) in [6.07, 6.45) is 7.55. The van der Waals surface area contributed by atoms with Crippen LogP contribution in [0.3, 0.4) is 0 Å². The number of rotatable bonds is 5. The van der Waals surface area contributed by atoms with Crippen LogP contribution in [0.5, 0.6) is 0 Å². The molecule has 1 saturated carbocycles. The van der Waals surface area contributed by atoms with Gasteiger partial charge in [-0.2, -0.15) is 0 Å². The van der Waals surface area contributed by atoms with Crippen LogP contribution < -0.4 is 0 Å². The average molecular weight is 224 g/mol. The molecule has 0 N–H and O–H groups in total. The van der Waals surface area contributed by atoms with Crippen molar-refractivity contribution in [3.63, 3.8) is 0 Å². The molecule has 0 radical (unpaired) electrons. The van der Waals surface area contributed by atoms with Crippen molar-refractivity contribution >= 4 is 5.97 Å². The maximum Gasteiger partial charge on any atom is 0.330 e. The molecule has 0 aromatic carbocycles. The Morgan fingerprint density at radius 2 is 2.38 bits per heavy atom. The maximum absolute atomic E-state index is 11.3. The van der Waals surface area contributed by atoms with Crippen LogP contribution in [0.2, 0.25) is 0 Å². The van der Waals surface area contributed by atoms with E-state index in [0.29, 0.717) is 18.1 Å². The number of esters is 1. The predicted octanol–water partition coefficient (Wildman–Crippen LogP) is 2.45. The molecule has 16 heavy (non-hydrogen) atoms. The normalized spacial score (nSPS) is 33.7. The van der Waals surface area contributed by atoms with Crippen LogP contribution in [-0.2, 0) is 14.3 Å². The molecule has 0 aromatic heterocycles. The van der Waals surface area contributed by atoms with Gasteiger partial charge in [-0.3, -0.25) is 0 Å². The highest BCUT2D eigenvalue weighted by atomic mass is 16.6. The third kappa shape index (κ3) is 2.64. The molecule has 0 aromatic rings. The van der Waals surface area contributed by atoms with E-state index in [1.807, 2.05) is 0 Å². The number of carbonyl (C=O) groups excluding carboxylic acids is 1. The lowest BCUT2D eigenvalue weighted by atomic mass is 9.84. The number of hydrogen-bond acceptors (Lipinski definition) is 3. The van der Waals surface area contributed by atoms with Crippen LogP contribution in [0, 0.1) is 5.92 Å². The molecule has 90 valence electrons. The van der Waals surface area contributed by atoms with E-state index >= 15 is 0 Å². The van der Waals surface area contributed by atoms with Gasteiger partial charge in [0.15, 0.2) is 0 Å². The Bertz CT molecular complexity index is 274. The fourth-order valence-corrected chi connectivity index (χ4v) is 2.65. The third-order valence-corrected chi connectivity index (χ3v) is 3.58. The minimum atomic E-state index is -0.294. The van der Waals surface area contributed by atoms with E-state index in [1.165, 1.54) is 6.08 Å². The lowest BCUT2D eigenvalue weighted by molar-refractivity contribution is -0.146. The monoisotopic (exact) mass is 224 g/mol. The Hall–Kier alpha value is -0.830. The highest BCUT2D eigenvalue weighted by Crippen LogP contribution is 2.41. The fourth-order valence-electron chi connectivity index (χ4n) is 2.65. The Balaban J connectivity index is 1.89. The Morgan fingerprint density at radius 3 is 3.00 bits per heavy atom. The van der Waals surface area contributed by atoms with Crippen LogP contribution in [0.25, 0.3) is 0 Å². The first-order chi connectivity index (χ1) is 7.74. The highest BCUT2D eigenvalue weighted by Gasteiger charge is 2.46. The van der Waals surface area contributed by atoms with Crippen molar-refractivity contribution in [1.82, 2.24) is 0 Å². The smallest absolute Gasteiger partial charge is 0.330 e. The van der Waals surface area contributed by atoms with Crippen LogP contribution in [0.1, 0.15) is 39.0 Å². The molecule has 0 amide bonds. The highest BCUT2D eigenvalue weighted by molar-refractivity contribution is 5.81. The Labute approximate surface area is 96.8 Å². The summed E-state index contributed by atoms with van der Waals surface area (Å²) in [5.74, 6) is 0.185. The number of ether oxygens (including phenoxy) is 2. The summed E-state index contributed by atoms with van der Waals surface area (Å²) in [6, 6.07) is 0. The van der Waals surface area contributed by atoms with Gasteiger partial charge in [0.1, 0.15) is 6.10 Å². The van der Waals surface area contributed by atoms with Gasteiger partial charge >= 0.3 is 5.97 Å². The van der Waals surface area contributed by atoms with Crippen molar-refractivity contribution in [2.75, 3.05) is 0 Å². The van der Waals surface area contributed by atoms with Gasteiger partial charge in [0.2, 0.25) is 0 Å². The Morgan fingerprint density at radius 1 is 1.56 bits per heavy atom. The molecule has 1 saturated heterocycles. The van der Waals surface area contributed by atoms with Crippen molar-refractivity contribution in [3.05, 3.63) is 12.7 Å². The maximum atomic E-state index is 11.3. The van der Waals surface area contributed by atoms with E-state index in [4.69, 9.17) is 9.47 Å².